The van der Waals surface area contributed by atoms with Crippen molar-refractivity contribution in [2.24, 2.45) is 0 Å². The lowest BCUT2D eigenvalue weighted by Gasteiger charge is -2.38. The predicted octanol–water partition coefficient (Wildman–Crippen LogP) is 3.52. The van der Waals surface area contributed by atoms with Gasteiger partial charge in [-0.25, -0.2) is 0 Å². The van der Waals surface area contributed by atoms with Crippen molar-refractivity contribution in [1.82, 2.24) is 4.90 Å². The smallest absolute Gasteiger partial charge is 0.173 e. The molecule has 2 aromatic carbocycles. The highest BCUT2D eigenvalue weighted by Crippen LogP contribution is 2.24. The first-order chi connectivity index (χ1) is 11.7. The monoisotopic (exact) mass is 341 g/mol. The highest BCUT2D eigenvalue weighted by atomic mass is 32.1. The third-order valence-electron chi connectivity index (χ3n) is 4.37. The van der Waals surface area contributed by atoms with Crippen molar-refractivity contribution in [3.05, 3.63) is 54.1 Å². The minimum atomic E-state index is 0.754. The third-order valence-corrected chi connectivity index (χ3v) is 4.73. The van der Waals surface area contributed by atoms with Crippen LogP contribution < -0.4 is 15.0 Å². The molecule has 1 aliphatic heterocycles. The Morgan fingerprint density at radius 3 is 2.38 bits per heavy atom. The van der Waals surface area contributed by atoms with E-state index >= 15 is 0 Å². The number of thiocarbonyl (C=S) groups is 1. The molecule has 1 heterocycles. The van der Waals surface area contributed by atoms with Crippen molar-refractivity contribution in [2.45, 2.75) is 6.92 Å². The van der Waals surface area contributed by atoms with Gasteiger partial charge in [0.05, 0.1) is 12.8 Å². The van der Waals surface area contributed by atoms with Crippen LogP contribution in [0.15, 0.2) is 48.5 Å². The Morgan fingerprint density at radius 2 is 1.67 bits per heavy atom. The van der Waals surface area contributed by atoms with Gasteiger partial charge in [-0.05, 0) is 42.9 Å². The quantitative estimate of drug-likeness (QED) is 0.862. The Hall–Kier alpha value is -2.27. The van der Waals surface area contributed by atoms with E-state index in [4.69, 9.17) is 17.0 Å². The summed E-state index contributed by atoms with van der Waals surface area (Å²) >= 11 is 5.59. The topological polar surface area (TPSA) is 27.7 Å². The highest BCUT2D eigenvalue weighted by Gasteiger charge is 2.20. The first-order valence-corrected chi connectivity index (χ1v) is 8.59. The fourth-order valence-electron chi connectivity index (χ4n) is 3.01. The van der Waals surface area contributed by atoms with Crippen LogP contribution in [0.5, 0.6) is 5.75 Å². The lowest BCUT2D eigenvalue weighted by Crippen LogP contribution is -2.50. The van der Waals surface area contributed by atoms with Gasteiger partial charge in [0, 0.05) is 31.9 Å². The first kappa shape index (κ1) is 16.6. The summed E-state index contributed by atoms with van der Waals surface area (Å²) in [7, 11) is 1.67. The molecule has 1 saturated heterocycles. The standard InChI is InChI=1S/C19H23N3OS/c1-15-7-3-5-9-17(15)21-11-13-22(14-12-21)19(24)20-16-8-4-6-10-18(16)23-2/h3-10H,11-14H2,1-2H3,(H,20,24). The van der Waals surface area contributed by atoms with Crippen LogP contribution in [0.25, 0.3) is 0 Å². The maximum Gasteiger partial charge on any atom is 0.173 e. The molecule has 1 aliphatic rings. The highest BCUT2D eigenvalue weighted by molar-refractivity contribution is 7.80. The number of hydrogen-bond donors (Lipinski definition) is 1. The summed E-state index contributed by atoms with van der Waals surface area (Å²) in [6.07, 6.45) is 0. The Balaban J connectivity index is 1.60. The van der Waals surface area contributed by atoms with E-state index in [1.54, 1.807) is 7.11 Å². The van der Waals surface area contributed by atoms with E-state index < -0.39 is 0 Å². The van der Waals surface area contributed by atoms with Crippen molar-refractivity contribution in [3.8, 4) is 5.75 Å². The van der Waals surface area contributed by atoms with Crippen LogP contribution in [-0.2, 0) is 0 Å². The Bertz CT molecular complexity index is 711. The number of anilines is 2. The van der Waals surface area contributed by atoms with Crippen LogP contribution in [0.1, 0.15) is 5.56 Å². The van der Waals surface area contributed by atoms with E-state index in [2.05, 4.69) is 46.3 Å². The molecular formula is C19H23N3OS. The normalized spacial score (nSPS) is 14.4. The molecule has 24 heavy (non-hydrogen) atoms. The van der Waals surface area contributed by atoms with Gasteiger partial charge in [0.1, 0.15) is 5.75 Å². The second-order valence-corrected chi connectivity index (χ2v) is 6.28. The van der Waals surface area contributed by atoms with Gasteiger partial charge in [-0.1, -0.05) is 30.3 Å². The first-order valence-electron chi connectivity index (χ1n) is 8.18. The average Bonchev–Trinajstić information content (AvgIpc) is 2.63. The van der Waals surface area contributed by atoms with Gasteiger partial charge >= 0.3 is 0 Å². The minimum absolute atomic E-state index is 0.754. The molecule has 0 aliphatic carbocycles. The van der Waals surface area contributed by atoms with Crippen LogP contribution >= 0.6 is 12.2 Å². The zero-order chi connectivity index (χ0) is 16.9. The van der Waals surface area contributed by atoms with Gasteiger partial charge in [0.25, 0.3) is 0 Å². The van der Waals surface area contributed by atoms with E-state index in [0.29, 0.717) is 0 Å². The fourth-order valence-corrected chi connectivity index (χ4v) is 3.30. The maximum absolute atomic E-state index is 5.59. The molecule has 0 amide bonds. The molecule has 3 rings (SSSR count). The maximum atomic E-state index is 5.59. The Kier molecular flexibility index (Phi) is 5.20. The zero-order valence-corrected chi connectivity index (χ0v) is 15.0. The summed E-state index contributed by atoms with van der Waals surface area (Å²) in [5, 5.41) is 4.06. The summed E-state index contributed by atoms with van der Waals surface area (Å²) in [6, 6.07) is 16.4. The average molecular weight is 341 g/mol. The van der Waals surface area contributed by atoms with Crippen LogP contribution in [0, 0.1) is 6.92 Å². The van der Waals surface area contributed by atoms with E-state index in [-0.39, 0.29) is 0 Å². The summed E-state index contributed by atoms with van der Waals surface area (Å²) < 4.78 is 5.37. The van der Waals surface area contributed by atoms with Crippen molar-refractivity contribution >= 4 is 28.7 Å². The minimum Gasteiger partial charge on any atom is -0.495 e. The van der Waals surface area contributed by atoms with E-state index in [0.717, 1.165) is 42.7 Å². The van der Waals surface area contributed by atoms with Crippen molar-refractivity contribution in [2.75, 3.05) is 43.5 Å². The summed E-state index contributed by atoms with van der Waals surface area (Å²) in [5.74, 6) is 0.804. The van der Waals surface area contributed by atoms with Gasteiger partial charge < -0.3 is 19.9 Å². The lowest BCUT2D eigenvalue weighted by atomic mass is 10.1. The molecule has 0 unspecified atom stereocenters. The lowest BCUT2D eigenvalue weighted by molar-refractivity contribution is 0.390. The van der Waals surface area contributed by atoms with E-state index in [1.807, 2.05) is 24.3 Å². The molecule has 4 nitrogen and oxygen atoms in total. The van der Waals surface area contributed by atoms with Gasteiger partial charge in [-0.3, -0.25) is 0 Å². The number of hydrogen-bond acceptors (Lipinski definition) is 3. The molecule has 0 radical (unpaired) electrons. The summed E-state index contributed by atoms with van der Waals surface area (Å²) in [5.41, 5.74) is 3.55. The summed E-state index contributed by atoms with van der Waals surface area (Å²) in [4.78, 5) is 4.65. The number of piperazine rings is 1. The van der Waals surface area contributed by atoms with Gasteiger partial charge in [0.15, 0.2) is 5.11 Å². The molecule has 0 bridgehead atoms. The van der Waals surface area contributed by atoms with Crippen molar-refractivity contribution < 1.29 is 4.74 Å². The molecule has 1 fully saturated rings. The number of aryl methyl sites for hydroxylation is 1. The van der Waals surface area contributed by atoms with Gasteiger partial charge in [-0.2, -0.15) is 0 Å². The zero-order valence-electron chi connectivity index (χ0n) is 14.2. The van der Waals surface area contributed by atoms with Crippen LogP contribution in [0.4, 0.5) is 11.4 Å². The third kappa shape index (κ3) is 3.62. The van der Waals surface area contributed by atoms with Crippen molar-refractivity contribution in [1.29, 1.82) is 0 Å². The summed E-state index contributed by atoms with van der Waals surface area (Å²) in [6.45, 7) is 5.93. The number of benzene rings is 2. The second kappa shape index (κ2) is 7.53. The Morgan fingerprint density at radius 1 is 1.00 bits per heavy atom. The SMILES string of the molecule is COc1ccccc1NC(=S)N1CCN(c2ccccc2C)CC1. The number of nitrogens with one attached hydrogen (secondary N) is 1. The second-order valence-electron chi connectivity index (χ2n) is 5.89. The molecule has 126 valence electrons. The Labute approximate surface area is 149 Å². The van der Waals surface area contributed by atoms with E-state index in [9.17, 15) is 0 Å². The predicted molar refractivity (Wildman–Crippen MR) is 104 cm³/mol. The molecule has 1 N–H and O–H groups in total. The number of rotatable bonds is 3. The number of nitrogens with zero attached hydrogens (tertiary/aromatic N) is 2. The van der Waals surface area contributed by atoms with Crippen LogP contribution in [0.3, 0.4) is 0 Å². The van der Waals surface area contributed by atoms with Gasteiger partial charge in [0.2, 0.25) is 0 Å². The van der Waals surface area contributed by atoms with Crippen LogP contribution in [-0.4, -0.2) is 43.3 Å². The number of para-hydroxylation sites is 3. The number of methoxy groups -OCH3 is 1. The molecule has 0 saturated carbocycles. The fraction of sp³-hybridized carbons (Fsp3) is 0.316. The van der Waals surface area contributed by atoms with Crippen molar-refractivity contribution in [3.63, 3.8) is 0 Å². The molecule has 0 aromatic heterocycles. The molecule has 5 heteroatoms. The van der Waals surface area contributed by atoms with Gasteiger partial charge in [-0.15, -0.1) is 0 Å². The largest absolute Gasteiger partial charge is 0.495 e. The molecule has 2 aromatic rings. The molecular weight excluding hydrogens is 318 g/mol. The molecule has 0 spiro atoms. The van der Waals surface area contributed by atoms with E-state index in [1.165, 1.54) is 11.3 Å². The number of ether oxygens (including phenoxy) is 1. The molecule has 0 atom stereocenters. The van der Waals surface area contributed by atoms with Crippen LogP contribution in [0.2, 0.25) is 0 Å².